The monoisotopic (exact) mass is 356 g/mol. The molecule has 2 amide bonds. The Balaban J connectivity index is 1.46. The van der Waals surface area contributed by atoms with Gasteiger partial charge in [0, 0.05) is 39.5 Å². The van der Waals surface area contributed by atoms with Gasteiger partial charge in [-0.05, 0) is 31.2 Å². The normalized spacial score (nSPS) is 15.1. The fraction of sp³-hybridized carbons (Fsp3) is 0.500. The summed E-state index contributed by atoms with van der Waals surface area (Å²) in [6, 6.07) is 1.67. The third kappa shape index (κ3) is 4.65. The van der Waals surface area contributed by atoms with Crippen molar-refractivity contribution in [1.82, 2.24) is 30.0 Å². The number of likely N-dealkylation sites (tertiary alicyclic amines) is 1. The second-order valence-electron chi connectivity index (χ2n) is 6.71. The van der Waals surface area contributed by atoms with Gasteiger partial charge in [-0.15, -0.1) is 0 Å². The van der Waals surface area contributed by atoms with Crippen molar-refractivity contribution < 1.29 is 9.59 Å². The largest absolute Gasteiger partial charge is 0.345 e. The first kappa shape index (κ1) is 18.0. The second kappa shape index (κ2) is 8.07. The van der Waals surface area contributed by atoms with E-state index in [4.69, 9.17) is 0 Å². The lowest BCUT2D eigenvalue weighted by Crippen LogP contribution is -2.37. The zero-order valence-electron chi connectivity index (χ0n) is 15.2. The van der Waals surface area contributed by atoms with Crippen LogP contribution >= 0.6 is 0 Å². The third-order valence-electron chi connectivity index (χ3n) is 4.69. The number of carbonyl (C=O) groups is 2. The topological polar surface area (TPSA) is 93.0 Å². The molecule has 2 aromatic rings. The summed E-state index contributed by atoms with van der Waals surface area (Å²) in [6.07, 6.45) is 8.09. The predicted octanol–water partition coefficient (Wildman–Crippen LogP) is 0.941. The number of carbonyl (C=O) groups excluding carboxylic acids is 2. The molecule has 8 heteroatoms. The van der Waals surface area contributed by atoms with E-state index in [-0.39, 0.29) is 11.8 Å². The number of piperidine rings is 1. The van der Waals surface area contributed by atoms with Gasteiger partial charge in [-0.3, -0.25) is 24.2 Å². The second-order valence-corrected chi connectivity index (χ2v) is 6.71. The average Bonchev–Trinajstić information content (AvgIpc) is 3.08. The Hall–Kier alpha value is -2.77. The summed E-state index contributed by atoms with van der Waals surface area (Å²) in [5, 5.41) is 6.85. The van der Waals surface area contributed by atoms with Crippen LogP contribution in [0.3, 0.4) is 0 Å². The van der Waals surface area contributed by atoms with Gasteiger partial charge in [0.1, 0.15) is 5.69 Å². The minimum atomic E-state index is -0.228. The number of nitrogens with one attached hydrogen (secondary N) is 1. The summed E-state index contributed by atoms with van der Waals surface area (Å²) >= 11 is 0. The fourth-order valence-corrected chi connectivity index (χ4v) is 3.12. The maximum absolute atomic E-state index is 12.0. The zero-order valence-corrected chi connectivity index (χ0v) is 15.2. The molecule has 26 heavy (non-hydrogen) atoms. The van der Waals surface area contributed by atoms with Crippen LogP contribution in [-0.4, -0.2) is 49.6 Å². The Morgan fingerprint density at radius 1 is 1.19 bits per heavy atom. The maximum Gasteiger partial charge on any atom is 0.272 e. The minimum Gasteiger partial charge on any atom is -0.345 e. The van der Waals surface area contributed by atoms with E-state index in [2.05, 4.69) is 20.4 Å². The van der Waals surface area contributed by atoms with Gasteiger partial charge in [0.2, 0.25) is 5.91 Å². The summed E-state index contributed by atoms with van der Waals surface area (Å²) < 4.78 is 1.59. The van der Waals surface area contributed by atoms with Crippen molar-refractivity contribution in [3.63, 3.8) is 0 Å². The molecule has 1 aliphatic heterocycles. The lowest BCUT2D eigenvalue weighted by atomic mass is 9.92. The third-order valence-corrected chi connectivity index (χ3v) is 4.69. The van der Waals surface area contributed by atoms with Gasteiger partial charge < -0.3 is 10.2 Å². The molecule has 138 valence electrons. The Bertz CT molecular complexity index is 762. The van der Waals surface area contributed by atoms with Crippen LogP contribution in [-0.2, 0) is 24.8 Å². The van der Waals surface area contributed by atoms with Gasteiger partial charge >= 0.3 is 0 Å². The first-order valence-electron chi connectivity index (χ1n) is 8.84. The standard InChI is InChI=1S/C18H24N6O2/c1-13(25)24-7-3-14(4-8-24)9-15-10-20-16(11-19-15)12-21-18(26)17-5-6-23(2)22-17/h5-6,10-11,14H,3-4,7-9,12H2,1-2H3,(H,21,26). The van der Waals surface area contributed by atoms with Crippen LogP contribution in [0, 0.1) is 5.92 Å². The van der Waals surface area contributed by atoms with Crippen molar-refractivity contribution in [3.05, 3.63) is 41.7 Å². The first-order valence-corrected chi connectivity index (χ1v) is 8.84. The molecule has 1 aliphatic rings. The van der Waals surface area contributed by atoms with Gasteiger partial charge in [-0.2, -0.15) is 5.10 Å². The molecule has 0 atom stereocenters. The van der Waals surface area contributed by atoms with Crippen LogP contribution in [0.2, 0.25) is 0 Å². The van der Waals surface area contributed by atoms with Crippen molar-refractivity contribution in [3.8, 4) is 0 Å². The molecule has 3 rings (SSSR count). The molecule has 0 aromatic carbocycles. The average molecular weight is 356 g/mol. The van der Waals surface area contributed by atoms with E-state index in [0.717, 1.165) is 38.0 Å². The van der Waals surface area contributed by atoms with Gasteiger partial charge in [0.15, 0.2) is 0 Å². The molecule has 3 heterocycles. The number of aromatic nitrogens is 4. The summed E-state index contributed by atoms with van der Waals surface area (Å²) in [5.74, 6) is 0.462. The molecule has 0 saturated carbocycles. The summed E-state index contributed by atoms with van der Waals surface area (Å²) in [4.78, 5) is 34.1. The quantitative estimate of drug-likeness (QED) is 0.861. The fourth-order valence-electron chi connectivity index (χ4n) is 3.12. The highest BCUT2D eigenvalue weighted by Crippen LogP contribution is 2.20. The van der Waals surface area contributed by atoms with Crippen molar-refractivity contribution in [2.75, 3.05) is 13.1 Å². The van der Waals surface area contributed by atoms with Gasteiger partial charge in [-0.1, -0.05) is 0 Å². The number of rotatable bonds is 5. The van der Waals surface area contributed by atoms with Crippen LogP contribution < -0.4 is 5.32 Å². The first-order chi connectivity index (χ1) is 12.5. The highest BCUT2D eigenvalue weighted by molar-refractivity contribution is 5.92. The van der Waals surface area contributed by atoms with E-state index in [9.17, 15) is 9.59 Å². The number of aryl methyl sites for hydroxylation is 1. The van der Waals surface area contributed by atoms with Crippen LogP contribution in [0.15, 0.2) is 24.7 Å². The van der Waals surface area contributed by atoms with E-state index >= 15 is 0 Å². The van der Waals surface area contributed by atoms with Gasteiger partial charge in [-0.25, -0.2) is 0 Å². The van der Waals surface area contributed by atoms with Crippen molar-refractivity contribution in [1.29, 1.82) is 0 Å². The lowest BCUT2D eigenvalue weighted by molar-refractivity contribution is -0.130. The highest BCUT2D eigenvalue weighted by Gasteiger charge is 2.21. The van der Waals surface area contributed by atoms with E-state index in [1.807, 2.05) is 4.90 Å². The molecule has 0 aliphatic carbocycles. The Morgan fingerprint density at radius 3 is 2.46 bits per heavy atom. The number of nitrogens with zero attached hydrogens (tertiary/aromatic N) is 5. The van der Waals surface area contributed by atoms with Crippen molar-refractivity contribution in [2.45, 2.75) is 32.7 Å². The Kier molecular flexibility index (Phi) is 5.60. The summed E-state index contributed by atoms with van der Waals surface area (Å²) in [6.45, 7) is 3.59. The lowest BCUT2D eigenvalue weighted by Gasteiger charge is -2.31. The number of hydrogen-bond donors (Lipinski definition) is 1. The molecule has 8 nitrogen and oxygen atoms in total. The van der Waals surface area contributed by atoms with Crippen molar-refractivity contribution in [2.24, 2.45) is 13.0 Å². The summed E-state index contributed by atoms with van der Waals surface area (Å²) in [7, 11) is 1.77. The summed E-state index contributed by atoms with van der Waals surface area (Å²) in [5.41, 5.74) is 2.05. The Morgan fingerprint density at radius 2 is 1.88 bits per heavy atom. The molecule has 0 radical (unpaired) electrons. The Labute approximate surface area is 152 Å². The molecule has 1 N–H and O–H groups in total. The molecule has 1 saturated heterocycles. The van der Waals surface area contributed by atoms with E-state index in [0.29, 0.717) is 23.9 Å². The maximum atomic E-state index is 12.0. The highest BCUT2D eigenvalue weighted by atomic mass is 16.2. The SMILES string of the molecule is CC(=O)N1CCC(Cc2cnc(CNC(=O)c3ccn(C)n3)cn2)CC1. The van der Waals surface area contributed by atoms with Crippen LogP contribution in [0.5, 0.6) is 0 Å². The molecule has 0 spiro atoms. The number of hydrogen-bond acceptors (Lipinski definition) is 5. The van der Waals surface area contributed by atoms with E-state index < -0.39 is 0 Å². The zero-order chi connectivity index (χ0) is 18.5. The number of amides is 2. The molecular weight excluding hydrogens is 332 g/mol. The molecule has 1 fully saturated rings. The van der Waals surface area contributed by atoms with Crippen molar-refractivity contribution >= 4 is 11.8 Å². The van der Waals surface area contributed by atoms with E-state index in [1.165, 1.54) is 0 Å². The predicted molar refractivity (Wildman–Crippen MR) is 95.1 cm³/mol. The smallest absolute Gasteiger partial charge is 0.272 e. The van der Waals surface area contributed by atoms with Gasteiger partial charge in [0.05, 0.1) is 24.1 Å². The minimum absolute atomic E-state index is 0.153. The van der Waals surface area contributed by atoms with Crippen LogP contribution in [0.25, 0.3) is 0 Å². The molecule has 2 aromatic heterocycles. The van der Waals surface area contributed by atoms with E-state index in [1.54, 1.807) is 43.3 Å². The molecule has 0 bridgehead atoms. The van der Waals surface area contributed by atoms with Gasteiger partial charge in [0.25, 0.3) is 5.91 Å². The van der Waals surface area contributed by atoms with Crippen LogP contribution in [0.1, 0.15) is 41.6 Å². The van der Waals surface area contributed by atoms with Crippen LogP contribution in [0.4, 0.5) is 0 Å². The molecule has 0 unspecified atom stereocenters. The molecular formula is C18H24N6O2.